The van der Waals surface area contributed by atoms with E-state index >= 15 is 0 Å². The Kier molecular flexibility index (Phi) is 6.14. The van der Waals surface area contributed by atoms with Crippen LogP contribution in [0.25, 0.3) is 0 Å². The topological polar surface area (TPSA) is 117 Å². The second kappa shape index (κ2) is 8.93. The number of nitrogens with one attached hydrogen (secondary N) is 3. The number of anilines is 4. The molecule has 0 bridgehead atoms. The molecule has 2 aromatic rings. The van der Waals surface area contributed by atoms with Gasteiger partial charge in [0.1, 0.15) is 12.6 Å². The summed E-state index contributed by atoms with van der Waals surface area (Å²) in [6.07, 6.45) is -5.41. The second-order valence-electron chi connectivity index (χ2n) is 8.10. The number of carbonyl (C=O) groups is 4. The number of rotatable bonds is 4. The number of benzene rings is 2. The highest BCUT2D eigenvalue weighted by molar-refractivity contribution is 6.11. The number of halogens is 3. The maximum absolute atomic E-state index is 13.0. The van der Waals surface area contributed by atoms with Gasteiger partial charge in [0.2, 0.25) is 11.8 Å². The number of fused-ring (bicyclic) bond motifs is 2. The van der Waals surface area contributed by atoms with E-state index in [1.54, 1.807) is 6.07 Å². The average Bonchev–Trinajstić information content (AvgIpc) is 2.81. The minimum Gasteiger partial charge on any atom is -0.449 e. The van der Waals surface area contributed by atoms with E-state index < -0.39 is 48.2 Å². The van der Waals surface area contributed by atoms with Crippen molar-refractivity contribution in [2.45, 2.75) is 38.6 Å². The smallest absolute Gasteiger partial charge is 0.416 e. The summed E-state index contributed by atoms with van der Waals surface area (Å²) < 4.78 is 44.4. The van der Waals surface area contributed by atoms with Gasteiger partial charge in [-0.15, -0.1) is 0 Å². The molecule has 12 heteroatoms. The largest absolute Gasteiger partial charge is 0.449 e. The van der Waals surface area contributed by atoms with Gasteiger partial charge in [-0.05, 0) is 49.7 Å². The third-order valence-corrected chi connectivity index (χ3v) is 5.66. The van der Waals surface area contributed by atoms with Gasteiger partial charge in [0, 0.05) is 0 Å². The predicted octanol–water partition coefficient (Wildman–Crippen LogP) is 3.38. The van der Waals surface area contributed by atoms with E-state index in [4.69, 9.17) is 4.74 Å². The van der Waals surface area contributed by atoms with Crippen LogP contribution in [0, 0.1) is 0 Å². The van der Waals surface area contributed by atoms with Crippen LogP contribution in [0.4, 0.5) is 35.9 Å². The number of amides is 3. The molecular weight excluding hydrogens is 469 g/mol. The molecule has 184 valence electrons. The van der Waals surface area contributed by atoms with Crippen molar-refractivity contribution in [2.24, 2.45) is 0 Å². The maximum Gasteiger partial charge on any atom is 0.416 e. The Balaban J connectivity index is 1.50. The standard InChI is InChI=1S/C23H21F3N4O5/c1-3-14-20(32)29-16-8-12(4-6-15(16)27-14)22(34)35-11(2)21(33)30-10-19(31)28-17-9-13(23(24,25)26)5-7-18(17)30/h4-9,11,14,27H,3,10H2,1-2H3,(H,28,31)(H,29,32). The highest BCUT2D eigenvalue weighted by Crippen LogP contribution is 2.37. The van der Waals surface area contributed by atoms with Crippen LogP contribution < -0.4 is 20.9 Å². The van der Waals surface area contributed by atoms with Gasteiger partial charge in [0.05, 0.1) is 33.9 Å². The van der Waals surface area contributed by atoms with Crippen molar-refractivity contribution in [2.75, 3.05) is 27.4 Å². The van der Waals surface area contributed by atoms with Crippen molar-refractivity contribution in [1.82, 2.24) is 0 Å². The Labute approximate surface area is 197 Å². The Bertz CT molecular complexity index is 1230. The number of nitrogens with zero attached hydrogens (tertiary/aromatic N) is 1. The first-order valence-electron chi connectivity index (χ1n) is 10.7. The van der Waals surface area contributed by atoms with E-state index in [-0.39, 0.29) is 22.8 Å². The first-order valence-corrected chi connectivity index (χ1v) is 10.7. The molecule has 0 radical (unpaired) electrons. The monoisotopic (exact) mass is 490 g/mol. The van der Waals surface area contributed by atoms with Gasteiger partial charge in [-0.2, -0.15) is 13.2 Å². The average molecular weight is 490 g/mol. The molecule has 0 aliphatic carbocycles. The summed E-state index contributed by atoms with van der Waals surface area (Å²) in [5.74, 6) is -2.57. The summed E-state index contributed by atoms with van der Waals surface area (Å²) in [6, 6.07) is 6.70. The number of carbonyl (C=O) groups excluding carboxylic acids is 4. The minimum atomic E-state index is -4.63. The second-order valence-corrected chi connectivity index (χ2v) is 8.10. The molecular formula is C23H21F3N4O5. The van der Waals surface area contributed by atoms with E-state index in [9.17, 15) is 32.3 Å². The zero-order chi connectivity index (χ0) is 25.5. The van der Waals surface area contributed by atoms with E-state index in [0.29, 0.717) is 17.8 Å². The van der Waals surface area contributed by atoms with Gasteiger partial charge >= 0.3 is 12.1 Å². The summed E-state index contributed by atoms with van der Waals surface area (Å²) in [5, 5.41) is 8.09. The van der Waals surface area contributed by atoms with Gasteiger partial charge in [0.25, 0.3) is 5.91 Å². The Morgan fingerprint density at radius 1 is 1.09 bits per heavy atom. The van der Waals surface area contributed by atoms with Crippen molar-refractivity contribution in [3.63, 3.8) is 0 Å². The zero-order valence-electron chi connectivity index (χ0n) is 18.7. The number of ether oxygens (including phenoxy) is 1. The van der Waals surface area contributed by atoms with Gasteiger partial charge < -0.3 is 20.7 Å². The summed E-state index contributed by atoms with van der Waals surface area (Å²) in [6.45, 7) is 2.70. The van der Waals surface area contributed by atoms with Crippen molar-refractivity contribution < 1.29 is 37.1 Å². The molecule has 0 fully saturated rings. The first-order chi connectivity index (χ1) is 16.5. The number of hydrogen-bond donors (Lipinski definition) is 3. The highest BCUT2D eigenvalue weighted by atomic mass is 19.4. The molecule has 2 aliphatic rings. The molecule has 0 spiro atoms. The molecule has 2 atom stereocenters. The lowest BCUT2D eigenvalue weighted by Crippen LogP contribution is -2.47. The van der Waals surface area contributed by atoms with E-state index in [1.165, 1.54) is 19.1 Å². The Hall–Kier alpha value is -4.09. The minimum absolute atomic E-state index is 0.0542. The van der Waals surface area contributed by atoms with Crippen molar-refractivity contribution >= 4 is 46.4 Å². The van der Waals surface area contributed by atoms with Crippen molar-refractivity contribution in [1.29, 1.82) is 0 Å². The molecule has 0 saturated carbocycles. The molecule has 4 rings (SSSR count). The molecule has 35 heavy (non-hydrogen) atoms. The zero-order valence-corrected chi connectivity index (χ0v) is 18.7. The SMILES string of the molecule is CCC1Nc2ccc(C(=O)OC(C)C(=O)N3CC(=O)Nc4cc(C(F)(F)F)ccc43)cc2NC1=O. The number of hydrogen-bond acceptors (Lipinski definition) is 6. The van der Waals surface area contributed by atoms with E-state index in [1.807, 2.05) is 6.92 Å². The van der Waals surface area contributed by atoms with Crippen LogP contribution in [0.1, 0.15) is 36.2 Å². The maximum atomic E-state index is 13.0. The molecule has 9 nitrogen and oxygen atoms in total. The lowest BCUT2D eigenvalue weighted by Gasteiger charge is -2.31. The fourth-order valence-electron chi connectivity index (χ4n) is 3.82. The fraction of sp³-hybridized carbons (Fsp3) is 0.304. The molecule has 3 amide bonds. The van der Waals surface area contributed by atoms with Crippen LogP contribution in [0.3, 0.4) is 0 Å². The molecule has 2 aromatic carbocycles. The van der Waals surface area contributed by atoms with Gasteiger partial charge in [-0.25, -0.2) is 4.79 Å². The first kappa shape index (κ1) is 24.0. The molecule has 2 unspecified atom stereocenters. The van der Waals surface area contributed by atoms with Crippen LogP contribution >= 0.6 is 0 Å². The van der Waals surface area contributed by atoms with Crippen LogP contribution in [-0.2, 0) is 25.3 Å². The Morgan fingerprint density at radius 2 is 1.83 bits per heavy atom. The van der Waals surface area contributed by atoms with Crippen LogP contribution in [0.5, 0.6) is 0 Å². The summed E-state index contributed by atoms with van der Waals surface area (Å²) in [4.78, 5) is 50.7. The summed E-state index contributed by atoms with van der Waals surface area (Å²) in [7, 11) is 0. The number of alkyl halides is 3. The summed E-state index contributed by atoms with van der Waals surface area (Å²) >= 11 is 0. The van der Waals surface area contributed by atoms with Gasteiger partial charge in [0.15, 0.2) is 6.10 Å². The molecule has 3 N–H and O–H groups in total. The molecule has 0 aromatic heterocycles. The Morgan fingerprint density at radius 3 is 2.51 bits per heavy atom. The molecule has 0 saturated heterocycles. The summed E-state index contributed by atoms with van der Waals surface area (Å²) in [5.41, 5.74) is -0.0112. The quantitative estimate of drug-likeness (QED) is 0.566. The normalized spacial score (nSPS) is 17.9. The predicted molar refractivity (Wildman–Crippen MR) is 120 cm³/mol. The van der Waals surface area contributed by atoms with Crippen LogP contribution in [0.2, 0.25) is 0 Å². The number of esters is 1. The highest BCUT2D eigenvalue weighted by Gasteiger charge is 2.36. The van der Waals surface area contributed by atoms with Crippen LogP contribution in [-0.4, -0.2) is 42.4 Å². The lowest BCUT2D eigenvalue weighted by molar-refractivity contribution is -0.137. The lowest BCUT2D eigenvalue weighted by atomic mass is 10.1. The molecule has 2 heterocycles. The molecule has 2 aliphatic heterocycles. The third kappa shape index (κ3) is 4.77. The van der Waals surface area contributed by atoms with Gasteiger partial charge in [-0.1, -0.05) is 6.92 Å². The fourth-order valence-corrected chi connectivity index (χ4v) is 3.82. The van der Waals surface area contributed by atoms with Crippen molar-refractivity contribution in [3.8, 4) is 0 Å². The van der Waals surface area contributed by atoms with Crippen LogP contribution in [0.15, 0.2) is 36.4 Å². The van der Waals surface area contributed by atoms with Crippen molar-refractivity contribution in [3.05, 3.63) is 47.5 Å². The third-order valence-electron chi connectivity index (χ3n) is 5.66. The van der Waals surface area contributed by atoms with Gasteiger partial charge in [-0.3, -0.25) is 19.3 Å². The van der Waals surface area contributed by atoms with E-state index in [0.717, 1.165) is 23.1 Å². The van der Waals surface area contributed by atoms with E-state index in [2.05, 4.69) is 16.0 Å².